The summed E-state index contributed by atoms with van der Waals surface area (Å²) in [5.74, 6) is -3.12. The molecule has 0 radical (unpaired) electrons. The quantitative estimate of drug-likeness (QED) is 0.0777. The Hall–Kier alpha value is -1.46. The summed E-state index contributed by atoms with van der Waals surface area (Å²) in [7, 11) is 0.835. The largest absolute Gasteiger partial charge is 0.463 e. The van der Waals surface area contributed by atoms with Crippen LogP contribution in [0.3, 0.4) is 0 Å². The van der Waals surface area contributed by atoms with E-state index in [1.807, 2.05) is 0 Å². The van der Waals surface area contributed by atoms with Crippen LogP contribution < -0.4 is 0 Å². The second-order valence-electron chi connectivity index (χ2n) is 8.73. The van der Waals surface area contributed by atoms with Gasteiger partial charge in [0.05, 0.1) is 26.9 Å². The average molecular weight is 562 g/mol. The Morgan fingerprint density at radius 2 is 1.24 bits per heavy atom. The van der Waals surface area contributed by atoms with Crippen molar-refractivity contribution >= 4 is 11.8 Å². The van der Waals surface area contributed by atoms with E-state index in [4.69, 9.17) is 18.9 Å². The van der Waals surface area contributed by atoms with Crippen molar-refractivity contribution in [3.8, 4) is 0 Å². The van der Waals surface area contributed by atoms with E-state index in [2.05, 4.69) is 4.74 Å². The zero-order chi connectivity index (χ0) is 28.9. The Kier molecular flexibility index (Phi) is 12.3. The van der Waals surface area contributed by atoms with E-state index in [1.165, 1.54) is 0 Å². The predicted molar refractivity (Wildman–Crippen MR) is 113 cm³/mol. The topological polar surface area (TPSA) is 303 Å². The monoisotopic (exact) mass is 562 g/mol. The third-order valence-corrected chi connectivity index (χ3v) is 6.10. The molecule has 2 rings (SSSR count). The van der Waals surface area contributed by atoms with E-state index in [0.717, 1.165) is 7.11 Å². The highest BCUT2D eigenvalue weighted by molar-refractivity contribution is 6.35. The second kappa shape index (κ2) is 14.3. The van der Waals surface area contributed by atoms with Crippen LogP contribution in [0.15, 0.2) is 0 Å². The summed E-state index contributed by atoms with van der Waals surface area (Å²) in [5.41, 5.74) is 0. The van der Waals surface area contributed by atoms with E-state index in [-0.39, 0.29) is 0 Å². The smallest absolute Gasteiger partial charge is 0.377 e. The van der Waals surface area contributed by atoms with E-state index in [9.17, 15) is 65.8 Å². The van der Waals surface area contributed by atoms with Crippen LogP contribution in [0.2, 0.25) is 0 Å². The SMILES string of the molecule is COC(=O)C(=O)[C@H](O)[C@@H](O)[C@H](O)[C@H](O)CO[C@H]1O[C@H](CO[C@H]2O[C@H](CO)[C@@H](O)[C@H](O)[C@H]2O)[C@@H](O)[C@H](O)[C@H]1O. The molecule has 2 heterocycles. The highest BCUT2D eigenvalue weighted by Crippen LogP contribution is 2.26. The lowest BCUT2D eigenvalue weighted by Gasteiger charge is -2.42. The predicted octanol–water partition coefficient (Wildman–Crippen LogP) is -8.19. The number of carbonyl (C=O) groups is 2. The maximum atomic E-state index is 11.6. The van der Waals surface area contributed by atoms with Crippen LogP contribution in [0.5, 0.6) is 0 Å². The fourth-order valence-corrected chi connectivity index (χ4v) is 3.67. The van der Waals surface area contributed by atoms with Gasteiger partial charge < -0.3 is 79.9 Å². The molecule has 0 saturated carbocycles. The van der Waals surface area contributed by atoms with Crippen LogP contribution in [-0.4, -0.2) is 181 Å². The van der Waals surface area contributed by atoms with Gasteiger partial charge in [-0.25, -0.2) is 4.79 Å². The first kappa shape index (κ1) is 32.8. The van der Waals surface area contributed by atoms with Gasteiger partial charge in [0.25, 0.3) is 5.78 Å². The van der Waals surface area contributed by atoms with Crippen molar-refractivity contribution < 1.29 is 89.4 Å². The molecule has 0 bridgehead atoms. The number of aliphatic hydroxyl groups is 11. The number of Topliss-reactive ketones (excluding diaryl/α,β-unsaturated/α-hetero) is 1. The number of ether oxygens (including phenoxy) is 5. The summed E-state index contributed by atoms with van der Waals surface area (Å²) < 4.78 is 24.9. The third-order valence-electron chi connectivity index (χ3n) is 6.10. The normalized spacial score (nSPS) is 39.2. The van der Waals surface area contributed by atoms with Gasteiger partial charge in [0.2, 0.25) is 0 Å². The van der Waals surface area contributed by atoms with Gasteiger partial charge in [-0.05, 0) is 0 Å². The summed E-state index contributed by atoms with van der Waals surface area (Å²) in [6.45, 7) is -2.31. The molecule has 0 aromatic rings. The first-order valence-corrected chi connectivity index (χ1v) is 11.3. The molecule has 0 unspecified atom stereocenters. The minimum absolute atomic E-state index is 0.654. The van der Waals surface area contributed by atoms with Gasteiger partial charge in [0.15, 0.2) is 18.7 Å². The second-order valence-corrected chi connectivity index (χ2v) is 8.73. The molecular formula is C20H34O18. The Morgan fingerprint density at radius 1 is 0.737 bits per heavy atom. The molecule has 14 atom stereocenters. The Labute approximate surface area is 214 Å². The molecule has 0 aromatic heterocycles. The molecule has 38 heavy (non-hydrogen) atoms. The van der Waals surface area contributed by atoms with Crippen LogP contribution >= 0.6 is 0 Å². The Bertz CT molecular complexity index is 766. The molecule has 11 N–H and O–H groups in total. The van der Waals surface area contributed by atoms with Gasteiger partial charge in [-0.1, -0.05) is 0 Å². The van der Waals surface area contributed by atoms with Gasteiger partial charge in [0, 0.05) is 0 Å². The molecule has 0 spiro atoms. The maximum Gasteiger partial charge on any atom is 0.377 e. The van der Waals surface area contributed by atoms with E-state index in [0.29, 0.717) is 0 Å². The van der Waals surface area contributed by atoms with E-state index >= 15 is 0 Å². The van der Waals surface area contributed by atoms with Crippen LogP contribution in [0.25, 0.3) is 0 Å². The summed E-state index contributed by atoms with van der Waals surface area (Å²) in [6, 6.07) is 0. The number of methoxy groups -OCH3 is 1. The number of rotatable bonds is 12. The Balaban J connectivity index is 1.96. The van der Waals surface area contributed by atoms with Gasteiger partial charge in [-0.15, -0.1) is 0 Å². The zero-order valence-corrected chi connectivity index (χ0v) is 20.0. The molecule has 2 saturated heterocycles. The zero-order valence-electron chi connectivity index (χ0n) is 20.0. The van der Waals surface area contributed by atoms with Crippen LogP contribution in [-0.2, 0) is 33.3 Å². The number of hydrogen-bond donors (Lipinski definition) is 11. The van der Waals surface area contributed by atoms with Crippen LogP contribution in [0, 0.1) is 0 Å². The molecular weight excluding hydrogens is 528 g/mol. The fraction of sp³-hybridized carbons (Fsp3) is 0.900. The van der Waals surface area contributed by atoms with Crippen molar-refractivity contribution in [1.82, 2.24) is 0 Å². The van der Waals surface area contributed by atoms with Crippen molar-refractivity contribution in [2.24, 2.45) is 0 Å². The lowest BCUT2D eigenvalue weighted by atomic mass is 9.98. The number of carbonyl (C=O) groups excluding carboxylic acids is 2. The fourth-order valence-electron chi connectivity index (χ4n) is 3.67. The average Bonchev–Trinajstić information content (AvgIpc) is 2.92. The lowest BCUT2D eigenvalue weighted by molar-refractivity contribution is -0.333. The number of esters is 1. The van der Waals surface area contributed by atoms with Crippen molar-refractivity contribution in [1.29, 1.82) is 0 Å². The molecule has 0 amide bonds. The van der Waals surface area contributed by atoms with Crippen LogP contribution in [0.4, 0.5) is 0 Å². The Morgan fingerprint density at radius 3 is 1.76 bits per heavy atom. The highest BCUT2D eigenvalue weighted by Gasteiger charge is 2.48. The molecule has 2 fully saturated rings. The highest BCUT2D eigenvalue weighted by atomic mass is 16.7. The molecule has 2 aliphatic rings. The van der Waals surface area contributed by atoms with E-state index in [1.54, 1.807) is 0 Å². The first-order chi connectivity index (χ1) is 17.8. The standard InChI is InChI=1S/C20H34O18/c1-34-18(33)15(30)14(29)11(26)8(23)5(22)3-35-19-17(32)13(28)10(25)7(38-19)4-36-20-16(31)12(27)9(24)6(2-21)37-20/h5-14,16-17,19-29,31-32H,2-4H2,1H3/t5-,6-,7-,8-,9-,10-,11+,12+,13+,14-,16-,17-,19+,20+/m1/s1. The summed E-state index contributed by atoms with van der Waals surface area (Å²) in [5, 5.41) is 109. The molecule has 222 valence electrons. The van der Waals surface area contributed by atoms with Crippen LogP contribution in [0.1, 0.15) is 0 Å². The summed E-state index contributed by atoms with van der Waals surface area (Å²) >= 11 is 0. The molecule has 0 aromatic carbocycles. The lowest BCUT2D eigenvalue weighted by Crippen LogP contribution is -2.62. The number of hydrogen-bond acceptors (Lipinski definition) is 18. The minimum atomic E-state index is -2.45. The van der Waals surface area contributed by atoms with Crippen molar-refractivity contribution in [2.75, 3.05) is 26.9 Å². The van der Waals surface area contributed by atoms with Gasteiger partial charge in [0.1, 0.15) is 67.1 Å². The molecule has 18 nitrogen and oxygen atoms in total. The summed E-state index contributed by atoms with van der Waals surface area (Å²) in [6.07, 6.45) is -26.0. The van der Waals surface area contributed by atoms with Crippen molar-refractivity contribution in [2.45, 2.75) is 85.8 Å². The molecule has 18 heteroatoms. The summed E-state index contributed by atoms with van der Waals surface area (Å²) in [4.78, 5) is 22.7. The third kappa shape index (κ3) is 7.38. The number of ketones is 1. The first-order valence-electron chi connectivity index (χ1n) is 11.3. The number of aliphatic hydroxyl groups excluding tert-OH is 11. The van der Waals surface area contributed by atoms with Crippen molar-refractivity contribution in [3.05, 3.63) is 0 Å². The minimum Gasteiger partial charge on any atom is -0.463 e. The van der Waals surface area contributed by atoms with E-state index < -0.39 is 117 Å². The van der Waals surface area contributed by atoms with Gasteiger partial charge in [-0.3, -0.25) is 4.79 Å². The van der Waals surface area contributed by atoms with Gasteiger partial charge in [-0.2, -0.15) is 0 Å². The maximum absolute atomic E-state index is 11.6. The molecule has 2 aliphatic heterocycles. The van der Waals surface area contributed by atoms with Gasteiger partial charge >= 0.3 is 5.97 Å². The molecule has 0 aliphatic carbocycles. The van der Waals surface area contributed by atoms with Crippen molar-refractivity contribution in [3.63, 3.8) is 0 Å².